The van der Waals surface area contributed by atoms with E-state index < -0.39 is 5.76 Å². The van der Waals surface area contributed by atoms with Gasteiger partial charge in [0.25, 0.3) is 5.76 Å². The van der Waals surface area contributed by atoms with E-state index in [0.717, 1.165) is 0 Å². The van der Waals surface area contributed by atoms with Crippen LogP contribution in [0.25, 0.3) is 0 Å². The van der Waals surface area contributed by atoms with E-state index in [1.807, 2.05) is 0 Å². The van der Waals surface area contributed by atoms with Gasteiger partial charge in [-0.05, 0) is 24.3 Å². The van der Waals surface area contributed by atoms with Crippen LogP contribution >= 0.6 is 11.8 Å². The summed E-state index contributed by atoms with van der Waals surface area (Å²) < 4.78 is 25.8. The summed E-state index contributed by atoms with van der Waals surface area (Å²) in [6, 6.07) is 6.28. The number of hydrogen-bond acceptors (Lipinski definition) is 4. The van der Waals surface area contributed by atoms with E-state index in [4.69, 9.17) is 0 Å². The second-order valence-corrected chi connectivity index (χ2v) is 4.92. The molecule has 2 rings (SSSR count). The van der Waals surface area contributed by atoms with Crippen molar-refractivity contribution in [1.29, 1.82) is 0 Å². The molecule has 1 amide bonds. The van der Waals surface area contributed by atoms with Crippen LogP contribution in [0.1, 0.15) is 6.42 Å². The van der Waals surface area contributed by atoms with Crippen molar-refractivity contribution in [2.75, 3.05) is 5.32 Å². The van der Waals surface area contributed by atoms with Gasteiger partial charge in [-0.3, -0.25) is 9.48 Å². The number of aryl methyl sites for hydroxylation is 1. The number of carbonyl (C=O) groups is 1. The van der Waals surface area contributed by atoms with Gasteiger partial charge in [0.1, 0.15) is 12.7 Å². The Morgan fingerprint density at radius 3 is 2.70 bits per heavy atom. The smallest absolute Gasteiger partial charge is 0.288 e. The van der Waals surface area contributed by atoms with Crippen molar-refractivity contribution in [3.05, 3.63) is 36.9 Å². The van der Waals surface area contributed by atoms with E-state index in [1.165, 1.54) is 12.7 Å². The standard InChI is InChI=1S/C12H12F2N4OS/c13-12(14)20-10-3-1-9(2-4-10)17-11(19)5-6-18-8-15-7-16-18/h1-4,7-8,12H,5-6H2,(H,17,19). The largest absolute Gasteiger partial charge is 0.326 e. The Bertz CT molecular complexity index is 545. The average Bonchev–Trinajstić information content (AvgIpc) is 2.91. The lowest BCUT2D eigenvalue weighted by molar-refractivity contribution is -0.116. The van der Waals surface area contributed by atoms with Crippen molar-refractivity contribution >= 4 is 23.4 Å². The molecule has 8 heteroatoms. The molecule has 0 radical (unpaired) electrons. The van der Waals surface area contributed by atoms with Crippen LogP contribution < -0.4 is 5.32 Å². The van der Waals surface area contributed by atoms with Crippen LogP contribution in [0.2, 0.25) is 0 Å². The van der Waals surface area contributed by atoms with Crippen LogP contribution in [-0.2, 0) is 11.3 Å². The molecule has 0 saturated carbocycles. The molecule has 106 valence electrons. The molecular formula is C12H12F2N4OS. The quantitative estimate of drug-likeness (QED) is 0.833. The molecule has 0 spiro atoms. The minimum Gasteiger partial charge on any atom is -0.326 e. The van der Waals surface area contributed by atoms with Crippen molar-refractivity contribution < 1.29 is 13.6 Å². The number of aromatic nitrogens is 3. The molecule has 1 N–H and O–H groups in total. The molecule has 2 aromatic rings. The van der Waals surface area contributed by atoms with E-state index >= 15 is 0 Å². The van der Waals surface area contributed by atoms with E-state index in [1.54, 1.807) is 28.9 Å². The zero-order valence-corrected chi connectivity index (χ0v) is 11.2. The summed E-state index contributed by atoms with van der Waals surface area (Å²) in [5, 5.41) is 6.57. The highest BCUT2D eigenvalue weighted by Gasteiger charge is 2.06. The van der Waals surface area contributed by atoms with Gasteiger partial charge >= 0.3 is 0 Å². The van der Waals surface area contributed by atoms with Crippen LogP contribution in [-0.4, -0.2) is 26.4 Å². The lowest BCUT2D eigenvalue weighted by Crippen LogP contribution is -2.14. The molecule has 0 aliphatic heterocycles. The highest BCUT2D eigenvalue weighted by atomic mass is 32.2. The molecule has 1 aromatic carbocycles. The fourth-order valence-corrected chi connectivity index (χ4v) is 2.01. The normalized spacial score (nSPS) is 10.8. The van der Waals surface area contributed by atoms with E-state index in [0.29, 0.717) is 28.9 Å². The summed E-state index contributed by atoms with van der Waals surface area (Å²) in [4.78, 5) is 15.9. The third kappa shape index (κ3) is 4.61. The number of amides is 1. The van der Waals surface area contributed by atoms with Gasteiger partial charge < -0.3 is 5.32 Å². The number of benzene rings is 1. The Balaban J connectivity index is 1.81. The maximum absolute atomic E-state index is 12.1. The van der Waals surface area contributed by atoms with Crippen molar-refractivity contribution in [1.82, 2.24) is 14.8 Å². The molecule has 5 nitrogen and oxygen atoms in total. The molecular weight excluding hydrogens is 286 g/mol. The summed E-state index contributed by atoms with van der Waals surface area (Å²) in [6.07, 6.45) is 3.19. The zero-order valence-electron chi connectivity index (χ0n) is 10.4. The summed E-state index contributed by atoms with van der Waals surface area (Å²) in [6.45, 7) is 0.436. The highest BCUT2D eigenvalue weighted by Crippen LogP contribution is 2.26. The van der Waals surface area contributed by atoms with Gasteiger partial charge in [0, 0.05) is 17.0 Å². The molecule has 0 saturated heterocycles. The number of carbonyl (C=O) groups excluding carboxylic acids is 1. The first-order chi connectivity index (χ1) is 9.63. The fourth-order valence-electron chi connectivity index (χ4n) is 1.51. The van der Waals surface area contributed by atoms with Gasteiger partial charge in [-0.25, -0.2) is 4.98 Å². The Morgan fingerprint density at radius 1 is 1.35 bits per heavy atom. The summed E-state index contributed by atoms with van der Waals surface area (Å²) >= 11 is 0.470. The predicted octanol–water partition coefficient (Wildman–Crippen LogP) is 2.62. The number of thioether (sulfide) groups is 1. The topological polar surface area (TPSA) is 59.8 Å². The summed E-state index contributed by atoms with van der Waals surface area (Å²) in [7, 11) is 0. The number of nitrogens with one attached hydrogen (secondary N) is 1. The van der Waals surface area contributed by atoms with Gasteiger partial charge in [0.05, 0.1) is 6.54 Å². The van der Waals surface area contributed by atoms with E-state index in [2.05, 4.69) is 15.4 Å². The number of hydrogen-bond donors (Lipinski definition) is 1. The average molecular weight is 298 g/mol. The van der Waals surface area contributed by atoms with Crippen molar-refractivity contribution in [3.63, 3.8) is 0 Å². The maximum atomic E-state index is 12.1. The SMILES string of the molecule is O=C(CCn1cncn1)Nc1ccc(SC(F)F)cc1. The number of rotatable bonds is 6. The Morgan fingerprint density at radius 2 is 2.10 bits per heavy atom. The third-order valence-corrected chi connectivity index (χ3v) is 3.12. The van der Waals surface area contributed by atoms with Crippen molar-refractivity contribution in [2.24, 2.45) is 0 Å². The number of alkyl halides is 2. The van der Waals surface area contributed by atoms with Crippen LogP contribution in [0.3, 0.4) is 0 Å². The Kier molecular flexibility index (Phi) is 5.05. The molecule has 0 aliphatic rings. The van der Waals surface area contributed by atoms with Crippen LogP contribution in [0, 0.1) is 0 Å². The molecule has 0 unspecified atom stereocenters. The molecule has 0 atom stereocenters. The molecule has 1 heterocycles. The maximum Gasteiger partial charge on any atom is 0.288 e. The minimum absolute atomic E-state index is 0.172. The summed E-state index contributed by atoms with van der Waals surface area (Å²) in [5.74, 6) is -2.62. The molecule has 0 aliphatic carbocycles. The number of anilines is 1. The van der Waals surface area contributed by atoms with Gasteiger partial charge in [-0.1, -0.05) is 11.8 Å². The minimum atomic E-state index is -2.45. The predicted molar refractivity (Wildman–Crippen MR) is 71.6 cm³/mol. The van der Waals surface area contributed by atoms with Gasteiger partial charge in [-0.2, -0.15) is 13.9 Å². The zero-order chi connectivity index (χ0) is 14.4. The van der Waals surface area contributed by atoms with Gasteiger partial charge in [-0.15, -0.1) is 0 Å². The van der Waals surface area contributed by atoms with Crippen LogP contribution in [0.15, 0.2) is 41.8 Å². The first kappa shape index (κ1) is 14.4. The Labute approximate surface area is 118 Å². The monoisotopic (exact) mass is 298 g/mol. The third-order valence-electron chi connectivity index (χ3n) is 2.40. The van der Waals surface area contributed by atoms with Gasteiger partial charge in [0.2, 0.25) is 5.91 Å². The first-order valence-electron chi connectivity index (χ1n) is 5.80. The number of nitrogens with zero attached hydrogens (tertiary/aromatic N) is 3. The summed E-state index contributed by atoms with van der Waals surface area (Å²) in [5.41, 5.74) is 0.576. The number of halogens is 2. The molecule has 0 fully saturated rings. The second kappa shape index (κ2) is 6.99. The van der Waals surface area contributed by atoms with Crippen LogP contribution in [0.5, 0.6) is 0 Å². The van der Waals surface area contributed by atoms with Crippen molar-refractivity contribution in [2.45, 2.75) is 23.6 Å². The fraction of sp³-hybridized carbons (Fsp3) is 0.250. The Hall–Kier alpha value is -1.96. The van der Waals surface area contributed by atoms with E-state index in [9.17, 15) is 13.6 Å². The lowest BCUT2D eigenvalue weighted by Gasteiger charge is -2.06. The highest BCUT2D eigenvalue weighted by molar-refractivity contribution is 7.99. The van der Waals surface area contributed by atoms with Gasteiger partial charge in [0.15, 0.2) is 0 Å². The molecule has 0 bridgehead atoms. The second-order valence-electron chi connectivity index (χ2n) is 3.86. The lowest BCUT2D eigenvalue weighted by atomic mass is 10.3. The molecule has 20 heavy (non-hydrogen) atoms. The first-order valence-corrected chi connectivity index (χ1v) is 6.68. The van der Waals surface area contributed by atoms with Crippen molar-refractivity contribution in [3.8, 4) is 0 Å². The van der Waals surface area contributed by atoms with E-state index in [-0.39, 0.29) is 12.3 Å². The molecule has 1 aromatic heterocycles. The van der Waals surface area contributed by atoms with Crippen LogP contribution in [0.4, 0.5) is 14.5 Å².